The molecule has 2 aromatic heterocycles. The number of aromatic nitrogens is 4. The van der Waals surface area contributed by atoms with Gasteiger partial charge in [-0.25, -0.2) is 4.98 Å². The zero-order valence-corrected chi connectivity index (χ0v) is 11.0. The lowest BCUT2D eigenvalue weighted by Gasteiger charge is -2.16. The highest BCUT2D eigenvalue weighted by Crippen LogP contribution is 2.31. The number of aromatic amines is 1. The Hall–Kier alpha value is -1.59. The fraction of sp³-hybridized carbons (Fsp3) is 0.500. The van der Waals surface area contributed by atoms with Gasteiger partial charge in [-0.3, -0.25) is 4.57 Å². The molecule has 20 heavy (non-hydrogen) atoms. The van der Waals surface area contributed by atoms with E-state index in [9.17, 15) is 10.2 Å². The molecule has 0 amide bonds. The molecule has 108 valence electrons. The largest absolute Gasteiger partial charge is 0.394 e. The Morgan fingerprint density at radius 3 is 2.85 bits per heavy atom. The first-order chi connectivity index (χ1) is 9.52. The molecule has 1 aliphatic heterocycles. The van der Waals surface area contributed by atoms with Gasteiger partial charge in [0.15, 0.2) is 11.9 Å². The summed E-state index contributed by atoms with van der Waals surface area (Å²) in [5.41, 5.74) is 6.34. The second-order valence-corrected chi connectivity index (χ2v) is 4.91. The topological polar surface area (TPSA) is 142 Å². The highest BCUT2D eigenvalue weighted by atomic mass is 32.1. The number of nitrogens with zero attached hydrogens (tertiary/aromatic N) is 3. The van der Waals surface area contributed by atoms with E-state index in [1.165, 1.54) is 10.9 Å². The van der Waals surface area contributed by atoms with E-state index in [0.717, 1.165) is 0 Å². The molecule has 0 spiro atoms. The number of hydrogen-bond acceptors (Lipinski definition) is 8. The van der Waals surface area contributed by atoms with Crippen LogP contribution >= 0.6 is 12.2 Å². The van der Waals surface area contributed by atoms with Crippen molar-refractivity contribution in [2.24, 2.45) is 0 Å². The monoisotopic (exact) mass is 299 g/mol. The molecule has 2 aromatic rings. The van der Waals surface area contributed by atoms with E-state index in [1.54, 1.807) is 0 Å². The van der Waals surface area contributed by atoms with Crippen LogP contribution in [0.4, 0.5) is 5.95 Å². The van der Waals surface area contributed by atoms with E-state index in [0.29, 0.717) is 15.8 Å². The third kappa shape index (κ3) is 1.89. The number of anilines is 1. The van der Waals surface area contributed by atoms with Crippen LogP contribution in [0, 0.1) is 4.64 Å². The Labute approximate surface area is 117 Å². The van der Waals surface area contributed by atoms with Gasteiger partial charge in [0.1, 0.15) is 28.5 Å². The van der Waals surface area contributed by atoms with Gasteiger partial charge in [0, 0.05) is 0 Å². The van der Waals surface area contributed by atoms with Gasteiger partial charge in [-0.2, -0.15) is 4.98 Å². The molecule has 0 saturated carbocycles. The highest BCUT2D eigenvalue weighted by molar-refractivity contribution is 7.71. The van der Waals surface area contributed by atoms with Gasteiger partial charge in [-0.1, -0.05) is 12.2 Å². The van der Waals surface area contributed by atoms with E-state index in [1.807, 2.05) is 0 Å². The summed E-state index contributed by atoms with van der Waals surface area (Å²) in [7, 11) is 0. The first-order valence-corrected chi connectivity index (χ1v) is 6.28. The number of fused-ring (bicyclic) bond motifs is 1. The Kier molecular flexibility index (Phi) is 3.18. The lowest BCUT2D eigenvalue weighted by molar-refractivity contribution is -0.0511. The van der Waals surface area contributed by atoms with Crippen LogP contribution < -0.4 is 5.73 Å². The van der Waals surface area contributed by atoms with Crippen molar-refractivity contribution in [3.05, 3.63) is 11.0 Å². The molecule has 3 rings (SSSR count). The van der Waals surface area contributed by atoms with Crippen LogP contribution in [0.5, 0.6) is 0 Å². The van der Waals surface area contributed by atoms with Crippen LogP contribution in [-0.2, 0) is 4.74 Å². The molecule has 10 heteroatoms. The number of hydrogen-bond donors (Lipinski definition) is 5. The molecule has 4 atom stereocenters. The summed E-state index contributed by atoms with van der Waals surface area (Å²) >= 11 is 5.08. The van der Waals surface area contributed by atoms with Gasteiger partial charge in [0.05, 0.1) is 12.9 Å². The first kappa shape index (κ1) is 13.4. The lowest BCUT2D eigenvalue weighted by Crippen LogP contribution is -2.33. The van der Waals surface area contributed by atoms with Gasteiger partial charge < -0.3 is 30.8 Å². The zero-order valence-electron chi connectivity index (χ0n) is 10.2. The molecule has 0 bridgehead atoms. The maximum atomic E-state index is 10.0. The number of nitrogens with two attached hydrogens (primary N) is 1. The number of nitrogen functional groups attached to an aromatic ring is 1. The average molecular weight is 299 g/mol. The minimum atomic E-state index is -1.22. The van der Waals surface area contributed by atoms with Crippen LogP contribution in [0.3, 0.4) is 0 Å². The van der Waals surface area contributed by atoms with Crippen LogP contribution in [0.2, 0.25) is 0 Å². The Bertz CT molecular complexity index is 701. The predicted octanol–water partition coefficient (Wildman–Crippen LogP) is -1.32. The van der Waals surface area contributed by atoms with Crippen molar-refractivity contribution >= 4 is 29.3 Å². The van der Waals surface area contributed by atoms with Crippen molar-refractivity contribution in [1.82, 2.24) is 19.5 Å². The lowest BCUT2D eigenvalue weighted by atomic mass is 10.1. The minimum Gasteiger partial charge on any atom is -0.394 e. The third-order valence-electron chi connectivity index (χ3n) is 3.24. The van der Waals surface area contributed by atoms with Crippen molar-refractivity contribution in [3.63, 3.8) is 0 Å². The van der Waals surface area contributed by atoms with Crippen LogP contribution in [0.25, 0.3) is 11.2 Å². The Morgan fingerprint density at radius 1 is 1.45 bits per heavy atom. The van der Waals surface area contributed by atoms with Crippen LogP contribution in [0.1, 0.15) is 6.23 Å². The fourth-order valence-electron chi connectivity index (χ4n) is 2.24. The number of nitrogens with one attached hydrogen (secondary N) is 1. The number of aliphatic hydroxyl groups excluding tert-OH is 3. The minimum absolute atomic E-state index is 0.107. The summed E-state index contributed by atoms with van der Waals surface area (Å²) < 4.78 is 7.16. The SMILES string of the molecule is Nc1nc2c(ncn2[C@H]2O[C@@H](CO)[C@H](O)[C@@H]2O)c(=S)[nH]1. The molecule has 0 radical (unpaired) electrons. The molecule has 1 saturated heterocycles. The molecule has 0 aromatic carbocycles. The summed E-state index contributed by atoms with van der Waals surface area (Å²) in [4.78, 5) is 10.8. The molecule has 0 aliphatic carbocycles. The van der Waals surface area contributed by atoms with Crippen LogP contribution in [0.15, 0.2) is 6.33 Å². The van der Waals surface area contributed by atoms with Gasteiger partial charge >= 0.3 is 0 Å². The van der Waals surface area contributed by atoms with Crippen molar-refractivity contribution in [2.75, 3.05) is 12.3 Å². The average Bonchev–Trinajstić information content (AvgIpc) is 2.93. The maximum Gasteiger partial charge on any atom is 0.200 e. The van der Waals surface area contributed by atoms with E-state index in [-0.39, 0.29) is 5.95 Å². The summed E-state index contributed by atoms with van der Waals surface area (Å²) in [6.45, 7) is -0.406. The predicted molar refractivity (Wildman–Crippen MR) is 70.1 cm³/mol. The van der Waals surface area contributed by atoms with E-state index >= 15 is 0 Å². The third-order valence-corrected chi connectivity index (χ3v) is 3.54. The van der Waals surface area contributed by atoms with Crippen LogP contribution in [-0.4, -0.2) is 59.8 Å². The van der Waals surface area contributed by atoms with Crippen molar-refractivity contribution in [3.8, 4) is 0 Å². The number of aliphatic hydroxyl groups is 3. The number of H-pyrrole nitrogens is 1. The van der Waals surface area contributed by atoms with Crippen molar-refractivity contribution < 1.29 is 20.1 Å². The van der Waals surface area contributed by atoms with Gasteiger partial charge in [0.25, 0.3) is 0 Å². The van der Waals surface area contributed by atoms with E-state index in [4.69, 9.17) is 27.8 Å². The standard InChI is InChI=1S/C10H13N5O4S/c11-10-13-7-4(8(20)14-10)12-2-15(7)9-6(18)5(17)3(1-16)19-9/h2-3,5-6,9,16-18H,1H2,(H3,11,13,14,20)/t3-,5-,6-,9-/m0/s1. The molecular formula is C10H13N5O4S. The number of rotatable bonds is 2. The zero-order chi connectivity index (χ0) is 14.4. The molecule has 1 aliphatic rings. The number of ether oxygens (including phenoxy) is 1. The molecule has 6 N–H and O–H groups in total. The molecule has 0 unspecified atom stereocenters. The second-order valence-electron chi connectivity index (χ2n) is 4.50. The maximum absolute atomic E-state index is 10.0. The summed E-state index contributed by atoms with van der Waals surface area (Å²) in [5.74, 6) is 0.107. The quantitative estimate of drug-likeness (QED) is 0.430. The van der Waals surface area contributed by atoms with Crippen molar-refractivity contribution in [2.45, 2.75) is 24.5 Å². The Morgan fingerprint density at radius 2 is 2.20 bits per heavy atom. The Balaban J connectivity index is 2.09. The summed E-state index contributed by atoms with van der Waals surface area (Å²) in [6.07, 6.45) is -2.82. The highest BCUT2D eigenvalue weighted by Gasteiger charge is 2.43. The fourth-order valence-corrected chi connectivity index (χ4v) is 2.49. The second kappa shape index (κ2) is 4.75. The molecular weight excluding hydrogens is 286 g/mol. The van der Waals surface area contributed by atoms with E-state index in [2.05, 4.69) is 15.0 Å². The van der Waals surface area contributed by atoms with Crippen molar-refractivity contribution in [1.29, 1.82) is 0 Å². The number of imidazole rings is 1. The molecule has 3 heterocycles. The summed E-state index contributed by atoms with van der Waals surface area (Å²) in [6, 6.07) is 0. The van der Waals surface area contributed by atoms with Gasteiger partial charge in [-0.05, 0) is 0 Å². The van der Waals surface area contributed by atoms with E-state index < -0.39 is 31.1 Å². The smallest absolute Gasteiger partial charge is 0.200 e. The summed E-state index contributed by atoms with van der Waals surface area (Å²) in [5, 5.41) is 28.9. The van der Waals surface area contributed by atoms with Gasteiger partial charge in [0.2, 0.25) is 5.95 Å². The molecule has 9 nitrogen and oxygen atoms in total. The molecule has 1 fully saturated rings. The van der Waals surface area contributed by atoms with Gasteiger partial charge in [-0.15, -0.1) is 0 Å². The first-order valence-electron chi connectivity index (χ1n) is 5.87. The normalized spacial score (nSPS) is 30.1.